The molecule has 4 rings (SSSR count). The van der Waals surface area contributed by atoms with E-state index < -0.39 is 54.2 Å². The molecule has 0 amide bonds. The van der Waals surface area contributed by atoms with Crippen molar-refractivity contribution in [1.82, 2.24) is 0 Å². The molecule has 2 aromatic carbocycles. The van der Waals surface area contributed by atoms with Crippen LogP contribution in [0.4, 0.5) is 0 Å². The van der Waals surface area contributed by atoms with Gasteiger partial charge in [0.1, 0.15) is 52.6 Å². The molecule has 0 saturated carbocycles. The van der Waals surface area contributed by atoms with Gasteiger partial charge in [-0.05, 0) is 24.3 Å². The Balaban J connectivity index is 1.89. The Morgan fingerprint density at radius 3 is 2.25 bits per heavy atom. The molecular weight excluding hydrogens is 428 g/mol. The summed E-state index contributed by atoms with van der Waals surface area (Å²) in [6.07, 6.45) is -8.16. The molecule has 1 aliphatic rings. The maximum absolute atomic E-state index is 13.2. The predicted molar refractivity (Wildman–Crippen MR) is 107 cm³/mol. The molecule has 0 radical (unpaired) electrons. The molecule has 11 heteroatoms. The van der Waals surface area contributed by atoms with E-state index in [1.807, 2.05) is 0 Å². The van der Waals surface area contributed by atoms with Gasteiger partial charge in [0.25, 0.3) is 0 Å². The van der Waals surface area contributed by atoms with Gasteiger partial charge in [0.15, 0.2) is 5.76 Å². The Morgan fingerprint density at radius 1 is 0.906 bits per heavy atom. The van der Waals surface area contributed by atoms with Crippen molar-refractivity contribution in [2.24, 2.45) is 0 Å². The van der Waals surface area contributed by atoms with Crippen LogP contribution in [0.3, 0.4) is 0 Å². The average molecular weight is 448 g/mol. The van der Waals surface area contributed by atoms with E-state index in [1.54, 1.807) is 0 Å². The number of hydrogen-bond donors (Lipinski definition) is 7. The molecule has 0 unspecified atom stereocenters. The number of phenols is 3. The molecule has 1 aliphatic heterocycles. The molecule has 1 fully saturated rings. The van der Waals surface area contributed by atoms with Crippen LogP contribution in [0.25, 0.3) is 22.3 Å². The quantitative estimate of drug-likeness (QED) is 0.279. The number of aliphatic hydroxyl groups is 4. The highest BCUT2D eigenvalue weighted by Crippen LogP contribution is 2.37. The van der Waals surface area contributed by atoms with Crippen LogP contribution in [-0.2, 0) is 4.74 Å². The largest absolute Gasteiger partial charge is 0.508 e. The summed E-state index contributed by atoms with van der Waals surface area (Å²) in [5, 5.41) is 68.8. The number of hydrogen-bond acceptors (Lipinski definition) is 11. The summed E-state index contributed by atoms with van der Waals surface area (Å²) in [4.78, 5) is 13.2. The highest BCUT2D eigenvalue weighted by molar-refractivity contribution is 5.88. The van der Waals surface area contributed by atoms with Crippen molar-refractivity contribution in [2.45, 2.75) is 30.7 Å². The number of benzene rings is 2. The van der Waals surface area contributed by atoms with Crippen LogP contribution in [0, 0.1) is 0 Å². The maximum Gasteiger partial charge on any atom is 0.239 e. The first-order chi connectivity index (χ1) is 15.2. The van der Waals surface area contributed by atoms with Gasteiger partial charge in [0.2, 0.25) is 17.5 Å². The zero-order valence-electron chi connectivity index (χ0n) is 16.3. The van der Waals surface area contributed by atoms with Gasteiger partial charge < -0.3 is 49.6 Å². The fraction of sp³-hybridized carbons (Fsp3) is 0.286. The molecular formula is C21H20O11. The Labute approximate surface area is 179 Å². The summed E-state index contributed by atoms with van der Waals surface area (Å²) in [6.45, 7) is -0.706. The van der Waals surface area contributed by atoms with E-state index in [-0.39, 0.29) is 33.8 Å². The standard InChI is InChI=1S/C21H20O11/c22-7-13-15(26)17(28)18(29)21(31-13)32-20-16(27)14-11(25)5-10(24)6-12(14)30-19(20)8-1-3-9(23)4-2-8/h1-6,13,15,17-18,21-26,28-29H,7H2/t13-,15+,17+,18-,21-/m0/s1. The van der Waals surface area contributed by atoms with Gasteiger partial charge in [-0.3, -0.25) is 4.79 Å². The fourth-order valence-corrected chi connectivity index (χ4v) is 3.46. The minimum absolute atomic E-state index is 0.0661. The van der Waals surface area contributed by atoms with Gasteiger partial charge in [-0.2, -0.15) is 0 Å². The van der Waals surface area contributed by atoms with Crippen molar-refractivity contribution >= 4 is 11.0 Å². The van der Waals surface area contributed by atoms with E-state index in [9.17, 15) is 40.5 Å². The third-order valence-electron chi connectivity index (χ3n) is 5.13. The van der Waals surface area contributed by atoms with Crippen LogP contribution < -0.4 is 10.2 Å². The zero-order valence-corrected chi connectivity index (χ0v) is 16.3. The summed E-state index contributed by atoms with van der Waals surface area (Å²) in [6, 6.07) is 7.48. The van der Waals surface area contributed by atoms with Gasteiger partial charge in [0, 0.05) is 17.7 Å². The molecule has 0 bridgehead atoms. The van der Waals surface area contributed by atoms with E-state index >= 15 is 0 Å². The normalized spacial score (nSPS) is 25.7. The van der Waals surface area contributed by atoms with Gasteiger partial charge in [-0.1, -0.05) is 0 Å². The molecule has 1 saturated heterocycles. The molecule has 1 aromatic heterocycles. The lowest BCUT2D eigenvalue weighted by Crippen LogP contribution is -2.60. The zero-order chi connectivity index (χ0) is 23.2. The Morgan fingerprint density at radius 2 is 1.59 bits per heavy atom. The molecule has 170 valence electrons. The highest BCUT2D eigenvalue weighted by Gasteiger charge is 2.45. The maximum atomic E-state index is 13.2. The minimum Gasteiger partial charge on any atom is -0.508 e. The van der Waals surface area contributed by atoms with E-state index in [4.69, 9.17) is 13.9 Å². The van der Waals surface area contributed by atoms with Crippen molar-refractivity contribution < 1.29 is 49.6 Å². The monoisotopic (exact) mass is 448 g/mol. The second-order valence-electron chi connectivity index (χ2n) is 7.29. The fourth-order valence-electron chi connectivity index (χ4n) is 3.46. The van der Waals surface area contributed by atoms with Crippen molar-refractivity contribution in [2.75, 3.05) is 6.61 Å². The summed E-state index contributed by atoms with van der Waals surface area (Å²) in [7, 11) is 0. The second kappa shape index (κ2) is 8.30. The van der Waals surface area contributed by atoms with Gasteiger partial charge in [0.05, 0.1) is 6.61 Å². The van der Waals surface area contributed by atoms with Crippen molar-refractivity contribution in [1.29, 1.82) is 0 Å². The number of fused-ring (bicyclic) bond motifs is 1. The van der Waals surface area contributed by atoms with Gasteiger partial charge >= 0.3 is 0 Å². The molecule has 7 N–H and O–H groups in total. The number of phenolic OH excluding ortho intramolecular Hbond substituents is 3. The lowest BCUT2D eigenvalue weighted by atomic mass is 9.99. The van der Waals surface area contributed by atoms with E-state index in [0.29, 0.717) is 0 Å². The van der Waals surface area contributed by atoms with Crippen molar-refractivity contribution in [3.05, 3.63) is 46.6 Å². The summed E-state index contributed by atoms with van der Waals surface area (Å²) >= 11 is 0. The molecule has 32 heavy (non-hydrogen) atoms. The molecule has 11 nitrogen and oxygen atoms in total. The number of aromatic hydroxyl groups is 3. The third kappa shape index (κ3) is 3.72. The number of aliphatic hydroxyl groups excluding tert-OH is 4. The van der Waals surface area contributed by atoms with Crippen LogP contribution in [0.2, 0.25) is 0 Å². The second-order valence-corrected chi connectivity index (χ2v) is 7.29. The first-order valence-electron chi connectivity index (χ1n) is 9.50. The van der Waals surface area contributed by atoms with Crippen LogP contribution in [-0.4, -0.2) is 73.1 Å². The van der Waals surface area contributed by atoms with Crippen LogP contribution in [0.1, 0.15) is 0 Å². The number of rotatable bonds is 4. The van der Waals surface area contributed by atoms with E-state index in [2.05, 4.69) is 0 Å². The Hall–Kier alpha value is -3.35. The summed E-state index contributed by atoms with van der Waals surface area (Å²) in [5.74, 6) is -1.73. The summed E-state index contributed by atoms with van der Waals surface area (Å²) < 4.78 is 16.6. The third-order valence-corrected chi connectivity index (χ3v) is 5.13. The van der Waals surface area contributed by atoms with E-state index in [1.165, 1.54) is 24.3 Å². The van der Waals surface area contributed by atoms with Crippen molar-refractivity contribution in [3.8, 4) is 34.3 Å². The molecule has 5 atom stereocenters. The SMILES string of the molecule is O=c1c(O[C@@H]2O[C@@H](CO)[C@@H](O)[C@@H](O)[C@@H]2O)c(-c2ccc(O)cc2)oc2cc(O)cc(O)c12. The van der Waals surface area contributed by atoms with Crippen LogP contribution >= 0.6 is 0 Å². The first kappa shape index (κ1) is 21.9. The first-order valence-corrected chi connectivity index (χ1v) is 9.50. The van der Waals surface area contributed by atoms with Crippen LogP contribution in [0.5, 0.6) is 23.0 Å². The number of ether oxygens (including phenoxy) is 2. The average Bonchev–Trinajstić information content (AvgIpc) is 2.75. The minimum atomic E-state index is -1.80. The Bertz CT molecular complexity index is 1190. The van der Waals surface area contributed by atoms with Gasteiger partial charge in [-0.15, -0.1) is 0 Å². The van der Waals surface area contributed by atoms with E-state index in [0.717, 1.165) is 12.1 Å². The predicted octanol–water partition coefficient (Wildman–Crippen LogP) is -0.244. The van der Waals surface area contributed by atoms with Crippen molar-refractivity contribution in [3.63, 3.8) is 0 Å². The topological polar surface area (TPSA) is 190 Å². The molecule has 0 spiro atoms. The molecule has 3 aromatic rings. The lowest BCUT2D eigenvalue weighted by molar-refractivity contribution is -0.277. The van der Waals surface area contributed by atoms with Gasteiger partial charge in [-0.25, -0.2) is 0 Å². The highest BCUT2D eigenvalue weighted by atomic mass is 16.7. The molecule has 2 heterocycles. The Kier molecular flexibility index (Phi) is 5.67. The van der Waals surface area contributed by atoms with Crippen LogP contribution in [0.15, 0.2) is 45.6 Å². The molecule has 0 aliphatic carbocycles. The smallest absolute Gasteiger partial charge is 0.239 e. The lowest BCUT2D eigenvalue weighted by Gasteiger charge is -2.39. The summed E-state index contributed by atoms with van der Waals surface area (Å²) in [5.41, 5.74) is -0.801.